The largest absolute Gasteiger partial charge is 2.00 e. The number of hydrogen-bond donors (Lipinski definition) is 0. The summed E-state index contributed by atoms with van der Waals surface area (Å²) in [6.07, 6.45) is 21.6. The first-order chi connectivity index (χ1) is 14.5. The van der Waals surface area contributed by atoms with Crippen LogP contribution in [0.5, 0.6) is 0 Å². The minimum absolute atomic E-state index is 0. The fraction of sp³-hybridized carbons (Fsp3) is 0.923. The minimum Gasteiger partial charge on any atom is -0.549 e. The van der Waals surface area contributed by atoms with Gasteiger partial charge in [0.25, 0.3) is 0 Å². The molecule has 0 saturated heterocycles. The molecule has 0 aliphatic rings. The Labute approximate surface area is 222 Å². The number of carbonyl (C=O) groups excluding carboxylic acids is 2. The van der Waals surface area contributed by atoms with Crippen molar-refractivity contribution in [1.29, 1.82) is 0 Å². The van der Waals surface area contributed by atoms with Gasteiger partial charge in [-0.15, -0.1) is 0 Å². The third-order valence-corrected chi connectivity index (χ3v) is 6.45. The van der Waals surface area contributed by atoms with Crippen LogP contribution in [-0.2, 0) is 9.59 Å². The second kappa shape index (κ2) is 23.4. The van der Waals surface area contributed by atoms with Crippen molar-refractivity contribution in [1.82, 2.24) is 0 Å². The van der Waals surface area contributed by atoms with Crippen molar-refractivity contribution in [2.45, 2.75) is 149 Å². The number of carbonyl (C=O) groups is 2. The average Bonchev–Trinajstić information content (AvgIpc) is 2.71. The Kier molecular flexibility index (Phi) is 25.1. The summed E-state index contributed by atoms with van der Waals surface area (Å²) in [6.45, 7) is 4.42. The van der Waals surface area contributed by atoms with Gasteiger partial charge >= 0.3 is 37.7 Å². The molecule has 0 rings (SSSR count). The van der Waals surface area contributed by atoms with Crippen LogP contribution in [0.4, 0.5) is 0 Å². The van der Waals surface area contributed by atoms with Gasteiger partial charge in [-0.1, -0.05) is 136 Å². The van der Waals surface area contributed by atoms with E-state index in [1.807, 2.05) is 0 Å². The maximum Gasteiger partial charge on any atom is 2.00 e. The van der Waals surface area contributed by atoms with Gasteiger partial charge in [-0.3, -0.25) is 0 Å². The van der Waals surface area contributed by atoms with E-state index in [0.29, 0.717) is 12.8 Å². The monoisotopic (exact) mass is 464 g/mol. The summed E-state index contributed by atoms with van der Waals surface area (Å²) >= 11 is 0. The van der Waals surface area contributed by atoms with Crippen LogP contribution in [0.1, 0.15) is 149 Å². The quantitative estimate of drug-likeness (QED) is 0.116. The molecule has 0 aromatic rings. The number of carboxylic acid groups (broad SMARTS) is 2. The molecule has 0 fully saturated rings. The molecule has 0 aromatic heterocycles. The number of hydrogen-bond acceptors (Lipinski definition) is 4. The van der Waals surface area contributed by atoms with Crippen LogP contribution in [0.25, 0.3) is 0 Å². The molecule has 178 valence electrons. The molecule has 31 heavy (non-hydrogen) atoms. The van der Waals surface area contributed by atoms with Crippen molar-refractivity contribution in [2.75, 3.05) is 0 Å². The molecule has 0 aliphatic heterocycles. The second-order valence-corrected chi connectivity index (χ2v) is 9.17. The number of rotatable bonds is 23. The Hall–Kier alpha value is 0.200. The molecule has 0 amide bonds. The van der Waals surface area contributed by atoms with Gasteiger partial charge < -0.3 is 19.8 Å². The second-order valence-electron chi connectivity index (χ2n) is 9.17. The number of carboxylic acids is 2. The van der Waals surface area contributed by atoms with Gasteiger partial charge in [0.05, 0.1) is 11.9 Å². The summed E-state index contributed by atoms with van der Waals surface area (Å²) in [4.78, 5) is 23.4. The first kappa shape index (κ1) is 33.4. The van der Waals surface area contributed by atoms with E-state index >= 15 is 0 Å². The zero-order valence-electron chi connectivity index (χ0n) is 20.7. The van der Waals surface area contributed by atoms with Gasteiger partial charge in [0.1, 0.15) is 0 Å². The van der Waals surface area contributed by atoms with Crippen molar-refractivity contribution in [3.63, 3.8) is 0 Å². The molecular weight excluding hydrogens is 416 g/mol. The van der Waals surface area contributed by atoms with Crippen molar-refractivity contribution >= 4 is 49.7 Å². The first-order valence-corrected chi connectivity index (χ1v) is 12.9. The van der Waals surface area contributed by atoms with Gasteiger partial charge in [-0.25, -0.2) is 0 Å². The van der Waals surface area contributed by atoms with Crippen molar-refractivity contribution in [2.24, 2.45) is 5.41 Å². The summed E-state index contributed by atoms with van der Waals surface area (Å²) < 4.78 is 0. The molecule has 0 unspecified atom stereocenters. The maximum atomic E-state index is 11.7. The Bertz CT molecular complexity index is 412. The topological polar surface area (TPSA) is 80.3 Å². The van der Waals surface area contributed by atoms with E-state index in [0.717, 1.165) is 38.5 Å². The molecule has 0 aromatic carbocycles. The van der Waals surface area contributed by atoms with E-state index in [-0.39, 0.29) is 50.6 Å². The smallest absolute Gasteiger partial charge is 0.549 e. The Morgan fingerprint density at radius 1 is 0.484 bits per heavy atom. The van der Waals surface area contributed by atoms with Crippen LogP contribution < -0.4 is 10.2 Å². The van der Waals surface area contributed by atoms with Gasteiger partial charge in [0.15, 0.2) is 0 Å². The fourth-order valence-corrected chi connectivity index (χ4v) is 4.27. The maximum absolute atomic E-state index is 11.7. The van der Waals surface area contributed by atoms with Crippen LogP contribution in [0, 0.1) is 5.41 Å². The molecular formula is C26H48CaO4. The predicted molar refractivity (Wildman–Crippen MR) is 127 cm³/mol. The third-order valence-electron chi connectivity index (χ3n) is 6.45. The molecule has 0 aliphatic carbocycles. The molecule has 0 spiro atoms. The molecule has 0 atom stereocenters. The molecule has 0 bridgehead atoms. The van der Waals surface area contributed by atoms with Crippen LogP contribution in [0.15, 0.2) is 0 Å². The Morgan fingerprint density at radius 3 is 0.935 bits per heavy atom. The molecule has 0 N–H and O–H groups in total. The van der Waals surface area contributed by atoms with Gasteiger partial charge in [0, 0.05) is 5.41 Å². The van der Waals surface area contributed by atoms with Crippen molar-refractivity contribution in [3.05, 3.63) is 0 Å². The van der Waals surface area contributed by atoms with Crippen LogP contribution >= 0.6 is 0 Å². The summed E-state index contributed by atoms with van der Waals surface area (Å²) in [7, 11) is 0. The van der Waals surface area contributed by atoms with Crippen LogP contribution in [-0.4, -0.2) is 49.7 Å². The zero-order valence-corrected chi connectivity index (χ0v) is 22.9. The van der Waals surface area contributed by atoms with E-state index in [1.54, 1.807) is 0 Å². The van der Waals surface area contributed by atoms with Crippen molar-refractivity contribution in [3.8, 4) is 0 Å². The third kappa shape index (κ3) is 17.4. The zero-order chi connectivity index (χ0) is 22.5. The Morgan fingerprint density at radius 2 is 0.710 bits per heavy atom. The van der Waals surface area contributed by atoms with E-state index in [2.05, 4.69) is 13.8 Å². The summed E-state index contributed by atoms with van der Waals surface area (Å²) in [5.41, 5.74) is -1.80. The normalized spacial score (nSPS) is 11.3. The molecule has 0 radical (unpaired) electrons. The molecule has 0 heterocycles. The van der Waals surface area contributed by atoms with Gasteiger partial charge in [0.2, 0.25) is 0 Å². The molecule has 0 saturated carbocycles. The standard InChI is InChI=1S/C26H50O4.Ca/c1-3-5-7-9-11-13-15-17-19-21-23-26(24(27)28,25(29)30)22-20-18-16-14-12-10-8-6-4-2;/h3-23H2,1-2H3,(H,27,28)(H,29,30);/q;+2/p-2. The first-order valence-electron chi connectivity index (χ1n) is 12.9. The fourth-order valence-electron chi connectivity index (χ4n) is 4.27. The van der Waals surface area contributed by atoms with E-state index < -0.39 is 17.4 Å². The summed E-state index contributed by atoms with van der Waals surface area (Å²) in [5.74, 6) is -2.92. The Balaban J connectivity index is 0. The minimum atomic E-state index is -1.80. The summed E-state index contributed by atoms with van der Waals surface area (Å²) in [6, 6.07) is 0. The van der Waals surface area contributed by atoms with Crippen LogP contribution in [0.2, 0.25) is 0 Å². The van der Waals surface area contributed by atoms with E-state index in [1.165, 1.54) is 70.6 Å². The van der Waals surface area contributed by atoms with Crippen molar-refractivity contribution < 1.29 is 19.8 Å². The van der Waals surface area contributed by atoms with Gasteiger partial charge in [-0.05, 0) is 12.8 Å². The average molecular weight is 465 g/mol. The number of unbranched alkanes of at least 4 members (excludes halogenated alkanes) is 17. The van der Waals surface area contributed by atoms with Gasteiger partial charge in [-0.2, -0.15) is 0 Å². The molecule has 5 heteroatoms. The van der Waals surface area contributed by atoms with E-state index in [4.69, 9.17) is 0 Å². The van der Waals surface area contributed by atoms with E-state index in [9.17, 15) is 19.8 Å². The SMILES string of the molecule is CCCCCCCCCCCCC(CCCCCCCCCCC)(C(=O)[O-])C(=O)[O-].[Ca+2]. The predicted octanol–water partition coefficient (Wildman–Crippen LogP) is 5.32. The summed E-state index contributed by atoms with van der Waals surface area (Å²) in [5, 5.41) is 23.4. The molecule has 4 nitrogen and oxygen atoms in total. The number of aliphatic carboxylic acids is 2. The van der Waals surface area contributed by atoms with Crippen LogP contribution in [0.3, 0.4) is 0 Å².